The fourth-order valence-electron chi connectivity index (χ4n) is 1.75. The van der Waals surface area contributed by atoms with E-state index in [0.717, 1.165) is 5.56 Å². The third kappa shape index (κ3) is 1.82. The lowest BCUT2D eigenvalue weighted by atomic mass is 9.87. The Bertz CT molecular complexity index is 595. The van der Waals surface area contributed by atoms with Crippen molar-refractivity contribution in [2.45, 2.75) is 26.2 Å². The molecule has 90 valence electrons. The number of carboxylic acid groups (broad SMARTS) is 1. The van der Waals surface area contributed by atoms with E-state index in [1.165, 1.54) is 0 Å². The molecule has 0 aliphatic rings. The maximum absolute atomic E-state index is 10.8. The highest BCUT2D eigenvalue weighted by atomic mass is 16.4. The van der Waals surface area contributed by atoms with Crippen LogP contribution in [0.25, 0.3) is 11.0 Å². The standard InChI is InChI=1S/C11H14N4O2/c1-11(2,3)5-4-13-8-6(5)7(12)14-9(15-8)10(16)17/h4H,1-3H3,(H,16,17)(H3,12,13,14,15). The van der Waals surface area contributed by atoms with Gasteiger partial charge in [0, 0.05) is 6.20 Å². The molecule has 0 aliphatic heterocycles. The molecule has 6 heteroatoms. The van der Waals surface area contributed by atoms with E-state index < -0.39 is 5.97 Å². The van der Waals surface area contributed by atoms with Crippen molar-refractivity contribution in [3.05, 3.63) is 17.6 Å². The Labute approximate surface area is 97.9 Å². The average Bonchev–Trinajstić information content (AvgIpc) is 2.60. The van der Waals surface area contributed by atoms with Crippen molar-refractivity contribution in [2.24, 2.45) is 0 Å². The lowest BCUT2D eigenvalue weighted by Crippen LogP contribution is -2.12. The summed E-state index contributed by atoms with van der Waals surface area (Å²) < 4.78 is 0. The number of hydrogen-bond acceptors (Lipinski definition) is 4. The van der Waals surface area contributed by atoms with Crippen molar-refractivity contribution >= 4 is 22.8 Å². The van der Waals surface area contributed by atoms with Crippen LogP contribution in [0.3, 0.4) is 0 Å². The number of nitrogens with two attached hydrogens (primary N) is 1. The lowest BCUT2D eigenvalue weighted by Gasteiger charge is -2.17. The smallest absolute Gasteiger partial charge is 0.374 e. The molecular weight excluding hydrogens is 220 g/mol. The zero-order chi connectivity index (χ0) is 12.8. The Morgan fingerprint density at radius 3 is 2.59 bits per heavy atom. The van der Waals surface area contributed by atoms with Crippen LogP contribution in [0.1, 0.15) is 37.0 Å². The first-order chi connectivity index (χ1) is 7.80. The number of rotatable bonds is 1. The Morgan fingerprint density at radius 1 is 1.41 bits per heavy atom. The molecular formula is C11H14N4O2. The molecule has 2 rings (SSSR count). The summed E-state index contributed by atoms with van der Waals surface area (Å²) in [4.78, 5) is 21.5. The largest absolute Gasteiger partial charge is 0.475 e. The van der Waals surface area contributed by atoms with E-state index in [1.54, 1.807) is 6.20 Å². The van der Waals surface area contributed by atoms with Crippen LogP contribution in [0.2, 0.25) is 0 Å². The SMILES string of the molecule is CC(C)(C)c1c[nH]c2nc(C(=O)O)nc(N)c12. The van der Waals surface area contributed by atoms with Gasteiger partial charge in [-0.3, -0.25) is 0 Å². The molecule has 2 aromatic heterocycles. The number of aromatic nitrogens is 3. The van der Waals surface area contributed by atoms with Crippen molar-refractivity contribution in [2.75, 3.05) is 5.73 Å². The summed E-state index contributed by atoms with van der Waals surface area (Å²) in [6.07, 6.45) is 1.79. The number of carboxylic acids is 1. The van der Waals surface area contributed by atoms with Gasteiger partial charge >= 0.3 is 5.97 Å². The molecule has 0 saturated heterocycles. The summed E-state index contributed by atoms with van der Waals surface area (Å²) in [5.74, 6) is -1.29. The Balaban J connectivity index is 2.76. The van der Waals surface area contributed by atoms with Crippen LogP contribution in [0, 0.1) is 0 Å². The van der Waals surface area contributed by atoms with Gasteiger partial charge in [-0.05, 0) is 11.0 Å². The number of H-pyrrole nitrogens is 1. The first-order valence-electron chi connectivity index (χ1n) is 5.19. The fraction of sp³-hybridized carbons (Fsp3) is 0.364. The van der Waals surface area contributed by atoms with Crippen LogP contribution in [-0.4, -0.2) is 26.0 Å². The van der Waals surface area contributed by atoms with Crippen molar-refractivity contribution < 1.29 is 9.90 Å². The molecule has 0 aliphatic carbocycles. The van der Waals surface area contributed by atoms with Crippen LogP contribution in [0.5, 0.6) is 0 Å². The average molecular weight is 234 g/mol. The zero-order valence-electron chi connectivity index (χ0n) is 9.90. The molecule has 6 nitrogen and oxygen atoms in total. The van der Waals surface area contributed by atoms with Crippen molar-refractivity contribution in [1.82, 2.24) is 15.0 Å². The Hall–Kier alpha value is -2.11. The summed E-state index contributed by atoms with van der Waals surface area (Å²) in [6, 6.07) is 0. The second-order valence-electron chi connectivity index (χ2n) is 4.91. The van der Waals surface area contributed by atoms with Gasteiger partial charge in [0.25, 0.3) is 0 Å². The highest BCUT2D eigenvalue weighted by molar-refractivity contribution is 5.94. The number of anilines is 1. The summed E-state index contributed by atoms with van der Waals surface area (Å²) in [7, 11) is 0. The molecule has 2 heterocycles. The minimum Gasteiger partial charge on any atom is -0.475 e. The predicted molar refractivity (Wildman–Crippen MR) is 64.0 cm³/mol. The summed E-state index contributed by atoms with van der Waals surface area (Å²) >= 11 is 0. The maximum Gasteiger partial charge on any atom is 0.374 e. The van der Waals surface area contributed by atoms with E-state index in [0.29, 0.717) is 11.0 Å². The maximum atomic E-state index is 10.8. The second kappa shape index (κ2) is 3.44. The van der Waals surface area contributed by atoms with Crippen LogP contribution in [0.15, 0.2) is 6.20 Å². The number of nitrogen functional groups attached to an aromatic ring is 1. The van der Waals surface area contributed by atoms with E-state index in [1.807, 2.05) is 20.8 Å². The highest BCUT2D eigenvalue weighted by Crippen LogP contribution is 2.31. The third-order valence-corrected chi connectivity index (χ3v) is 2.56. The molecule has 0 unspecified atom stereocenters. The fourth-order valence-corrected chi connectivity index (χ4v) is 1.75. The van der Waals surface area contributed by atoms with Crippen molar-refractivity contribution in [3.63, 3.8) is 0 Å². The lowest BCUT2D eigenvalue weighted by molar-refractivity contribution is 0.0684. The summed E-state index contributed by atoms with van der Waals surface area (Å²) in [5, 5.41) is 9.54. The van der Waals surface area contributed by atoms with Crippen LogP contribution in [0.4, 0.5) is 5.82 Å². The molecule has 4 N–H and O–H groups in total. The van der Waals surface area contributed by atoms with Gasteiger partial charge in [-0.25, -0.2) is 14.8 Å². The van der Waals surface area contributed by atoms with Crippen LogP contribution in [-0.2, 0) is 5.41 Å². The van der Waals surface area contributed by atoms with Gasteiger partial charge < -0.3 is 15.8 Å². The quantitative estimate of drug-likeness (QED) is 0.694. The van der Waals surface area contributed by atoms with Crippen molar-refractivity contribution in [3.8, 4) is 0 Å². The molecule has 0 spiro atoms. The number of carbonyl (C=O) groups is 1. The zero-order valence-corrected chi connectivity index (χ0v) is 9.90. The summed E-state index contributed by atoms with van der Waals surface area (Å²) in [6.45, 7) is 6.13. The molecule has 0 atom stereocenters. The number of nitrogens with zero attached hydrogens (tertiary/aromatic N) is 2. The molecule has 0 saturated carbocycles. The number of aromatic carboxylic acids is 1. The number of fused-ring (bicyclic) bond motifs is 1. The molecule has 0 aromatic carbocycles. The van der Waals surface area contributed by atoms with E-state index >= 15 is 0 Å². The topological polar surface area (TPSA) is 105 Å². The molecule has 0 bridgehead atoms. The van der Waals surface area contributed by atoms with Crippen molar-refractivity contribution in [1.29, 1.82) is 0 Å². The molecule has 17 heavy (non-hydrogen) atoms. The van der Waals surface area contributed by atoms with Gasteiger partial charge in [0.15, 0.2) is 0 Å². The van der Waals surface area contributed by atoms with Gasteiger partial charge in [-0.1, -0.05) is 20.8 Å². The molecule has 0 fully saturated rings. The van der Waals surface area contributed by atoms with Gasteiger partial charge in [-0.15, -0.1) is 0 Å². The minimum atomic E-state index is -1.19. The molecule has 0 radical (unpaired) electrons. The highest BCUT2D eigenvalue weighted by Gasteiger charge is 2.22. The second-order valence-corrected chi connectivity index (χ2v) is 4.91. The van der Waals surface area contributed by atoms with Gasteiger partial charge in [0.2, 0.25) is 5.82 Å². The van der Waals surface area contributed by atoms with Gasteiger partial charge in [0.05, 0.1) is 5.39 Å². The van der Waals surface area contributed by atoms with Crippen LogP contribution >= 0.6 is 0 Å². The van der Waals surface area contributed by atoms with E-state index in [9.17, 15) is 4.79 Å². The van der Waals surface area contributed by atoms with Crippen LogP contribution < -0.4 is 5.73 Å². The van der Waals surface area contributed by atoms with Gasteiger partial charge in [0.1, 0.15) is 11.5 Å². The van der Waals surface area contributed by atoms with Gasteiger partial charge in [-0.2, -0.15) is 0 Å². The normalized spacial score (nSPS) is 11.9. The van der Waals surface area contributed by atoms with E-state index in [4.69, 9.17) is 10.8 Å². The van der Waals surface area contributed by atoms with E-state index in [2.05, 4.69) is 15.0 Å². The molecule has 2 aromatic rings. The number of hydrogen-bond donors (Lipinski definition) is 3. The Kier molecular flexibility index (Phi) is 2.30. The van der Waals surface area contributed by atoms with E-state index in [-0.39, 0.29) is 17.1 Å². The number of nitrogens with one attached hydrogen (secondary N) is 1. The third-order valence-electron chi connectivity index (χ3n) is 2.56. The minimum absolute atomic E-state index is 0.111. The number of aromatic amines is 1. The molecule has 0 amide bonds. The predicted octanol–water partition coefficient (Wildman–Crippen LogP) is 1.54. The monoisotopic (exact) mass is 234 g/mol. The first-order valence-corrected chi connectivity index (χ1v) is 5.19. The summed E-state index contributed by atoms with van der Waals surface area (Å²) in [5.41, 5.74) is 7.12. The Morgan fingerprint density at radius 2 is 2.06 bits per heavy atom. The first kappa shape index (κ1) is 11.4.